The van der Waals surface area contributed by atoms with Crippen LogP contribution in [0.1, 0.15) is 17.5 Å². The molecule has 21 heavy (non-hydrogen) atoms. The van der Waals surface area contributed by atoms with Gasteiger partial charge in [-0.15, -0.1) is 0 Å². The summed E-state index contributed by atoms with van der Waals surface area (Å²) in [5, 5.41) is 9.91. The Kier molecular flexibility index (Phi) is 2.54. The second kappa shape index (κ2) is 4.21. The number of hydrogen-bond donors (Lipinski definition) is 1. The number of hydrogen-bond acceptors (Lipinski definition) is 3. The van der Waals surface area contributed by atoms with Crippen molar-refractivity contribution in [2.24, 2.45) is 0 Å². The molecule has 0 saturated heterocycles. The second-order valence-electron chi connectivity index (χ2n) is 5.88. The average molecular weight is 283 g/mol. The average Bonchev–Trinajstić information content (AvgIpc) is 2.79. The van der Waals surface area contributed by atoms with Crippen LogP contribution < -0.4 is 0 Å². The highest BCUT2D eigenvalue weighted by atomic mass is 16.5. The largest absolute Gasteiger partial charge is 0.508 e. The van der Waals surface area contributed by atoms with Crippen LogP contribution in [0, 0.1) is 0 Å². The number of amides is 1. The number of carbonyl (C=O) groups excluding carboxylic acids is 1. The fourth-order valence-corrected chi connectivity index (χ4v) is 3.93. The van der Waals surface area contributed by atoms with Gasteiger partial charge >= 0.3 is 0 Å². The molecular weight excluding hydrogens is 266 g/mol. The first-order valence-corrected chi connectivity index (χ1v) is 7.22. The van der Waals surface area contributed by atoms with Crippen LogP contribution in [0.5, 0.6) is 5.75 Å². The molecule has 4 heteroatoms. The quantitative estimate of drug-likeness (QED) is 0.856. The highest BCUT2D eigenvalue weighted by Crippen LogP contribution is 2.51. The summed E-state index contributed by atoms with van der Waals surface area (Å²) in [4.78, 5) is 14.3. The summed E-state index contributed by atoms with van der Waals surface area (Å²) in [5.41, 5.74) is 2.78. The monoisotopic (exact) mass is 283 g/mol. The van der Waals surface area contributed by atoms with E-state index in [4.69, 9.17) is 4.74 Å². The lowest BCUT2D eigenvalue weighted by atomic mass is 9.71. The Bertz CT molecular complexity index is 691. The highest BCUT2D eigenvalue weighted by molar-refractivity contribution is 5.95. The molecule has 0 aromatic heterocycles. The summed E-state index contributed by atoms with van der Waals surface area (Å²) in [6.07, 6.45) is 7.23. The van der Waals surface area contributed by atoms with E-state index in [0.717, 1.165) is 17.6 Å². The standard InChI is InChI=1S/C17H17NO3/c1-21-14-5-3-12-8-16(20)18-7-6-11-2-4-13(19)9-15(11)17(12,18)10-14/h2-5,8-9,14,19H,6-7,10H2,1H3/t14-,17-/m0/s1. The molecule has 4 nitrogen and oxygen atoms in total. The minimum absolute atomic E-state index is 0.0242. The second-order valence-corrected chi connectivity index (χ2v) is 5.88. The van der Waals surface area contributed by atoms with E-state index in [9.17, 15) is 9.90 Å². The van der Waals surface area contributed by atoms with Crippen molar-refractivity contribution in [1.82, 2.24) is 4.90 Å². The Balaban J connectivity index is 1.96. The van der Waals surface area contributed by atoms with E-state index in [-0.39, 0.29) is 17.8 Å². The van der Waals surface area contributed by atoms with Crippen molar-refractivity contribution in [1.29, 1.82) is 0 Å². The van der Waals surface area contributed by atoms with Gasteiger partial charge in [0.2, 0.25) is 5.91 Å². The zero-order valence-electron chi connectivity index (χ0n) is 11.9. The fourth-order valence-electron chi connectivity index (χ4n) is 3.93. The number of benzene rings is 1. The lowest BCUT2D eigenvalue weighted by Crippen LogP contribution is -2.52. The van der Waals surface area contributed by atoms with Crippen molar-refractivity contribution < 1.29 is 14.6 Å². The molecule has 0 bridgehead atoms. The van der Waals surface area contributed by atoms with E-state index in [1.165, 1.54) is 5.56 Å². The number of carbonyl (C=O) groups is 1. The molecule has 1 spiro atoms. The van der Waals surface area contributed by atoms with Gasteiger partial charge in [-0.1, -0.05) is 18.2 Å². The van der Waals surface area contributed by atoms with E-state index >= 15 is 0 Å². The summed E-state index contributed by atoms with van der Waals surface area (Å²) in [6.45, 7) is 0.709. The third kappa shape index (κ3) is 1.56. The van der Waals surface area contributed by atoms with Gasteiger partial charge in [-0.05, 0) is 35.3 Å². The van der Waals surface area contributed by atoms with Gasteiger partial charge in [0, 0.05) is 26.2 Å². The van der Waals surface area contributed by atoms with Gasteiger partial charge in [0.25, 0.3) is 0 Å². The molecule has 1 aliphatic carbocycles. The summed E-state index contributed by atoms with van der Waals surface area (Å²) in [5.74, 6) is 0.299. The molecule has 1 aromatic carbocycles. The number of rotatable bonds is 1. The van der Waals surface area contributed by atoms with Crippen LogP contribution in [0.3, 0.4) is 0 Å². The number of fused-ring (bicyclic) bond motifs is 1. The normalized spacial score (nSPS) is 29.8. The highest BCUT2D eigenvalue weighted by Gasteiger charge is 2.52. The number of aromatic hydroxyl groups is 1. The molecule has 1 aromatic rings. The summed E-state index contributed by atoms with van der Waals surface area (Å²) < 4.78 is 5.51. The van der Waals surface area contributed by atoms with Crippen molar-refractivity contribution in [3.63, 3.8) is 0 Å². The van der Waals surface area contributed by atoms with Crippen molar-refractivity contribution >= 4 is 5.91 Å². The molecule has 0 saturated carbocycles. The zero-order chi connectivity index (χ0) is 14.6. The van der Waals surface area contributed by atoms with Crippen LogP contribution in [0.25, 0.3) is 0 Å². The number of phenolic OH excluding ortho intramolecular Hbond substituents is 1. The maximum absolute atomic E-state index is 12.4. The first-order valence-electron chi connectivity index (χ1n) is 7.22. The van der Waals surface area contributed by atoms with Crippen molar-refractivity contribution in [3.05, 3.63) is 53.1 Å². The van der Waals surface area contributed by atoms with E-state index in [2.05, 4.69) is 0 Å². The molecule has 3 aliphatic rings. The molecule has 0 radical (unpaired) electrons. The van der Waals surface area contributed by atoms with Gasteiger partial charge in [0.05, 0.1) is 11.6 Å². The van der Waals surface area contributed by atoms with E-state index in [1.54, 1.807) is 25.3 Å². The Morgan fingerprint density at radius 2 is 2.29 bits per heavy atom. The summed E-state index contributed by atoms with van der Waals surface area (Å²) in [6, 6.07) is 5.49. The van der Waals surface area contributed by atoms with Crippen molar-refractivity contribution in [2.45, 2.75) is 24.5 Å². The lowest BCUT2D eigenvalue weighted by Gasteiger charge is -2.48. The molecular formula is C17H17NO3. The third-order valence-corrected chi connectivity index (χ3v) is 4.92. The third-order valence-electron chi connectivity index (χ3n) is 4.92. The smallest absolute Gasteiger partial charge is 0.247 e. The van der Waals surface area contributed by atoms with Crippen molar-refractivity contribution in [3.8, 4) is 5.75 Å². The van der Waals surface area contributed by atoms with Gasteiger partial charge in [0.1, 0.15) is 5.75 Å². The molecule has 2 heterocycles. The van der Waals surface area contributed by atoms with Gasteiger partial charge in [-0.25, -0.2) is 0 Å². The minimum Gasteiger partial charge on any atom is -0.508 e. The van der Waals surface area contributed by atoms with E-state index < -0.39 is 5.54 Å². The molecule has 2 atom stereocenters. The molecule has 4 rings (SSSR count). The number of nitrogens with zero attached hydrogens (tertiary/aromatic N) is 1. The zero-order valence-corrected chi connectivity index (χ0v) is 11.9. The Morgan fingerprint density at radius 1 is 1.43 bits per heavy atom. The predicted octanol–water partition coefficient (Wildman–Crippen LogP) is 1.89. The van der Waals surface area contributed by atoms with E-state index in [1.807, 2.05) is 23.1 Å². The molecule has 0 unspecified atom stereocenters. The van der Waals surface area contributed by atoms with E-state index in [0.29, 0.717) is 13.0 Å². The van der Waals surface area contributed by atoms with Crippen molar-refractivity contribution in [2.75, 3.05) is 13.7 Å². The van der Waals surface area contributed by atoms with Gasteiger partial charge < -0.3 is 14.7 Å². The molecule has 1 N–H and O–H groups in total. The topological polar surface area (TPSA) is 49.8 Å². The van der Waals surface area contributed by atoms with Crippen LogP contribution in [0.15, 0.2) is 42.0 Å². The molecule has 1 amide bonds. The fraction of sp³-hybridized carbons (Fsp3) is 0.353. The number of ether oxygens (including phenoxy) is 1. The van der Waals surface area contributed by atoms with Gasteiger partial charge in [-0.2, -0.15) is 0 Å². The van der Waals surface area contributed by atoms with Crippen LogP contribution in [-0.4, -0.2) is 35.7 Å². The Hall–Kier alpha value is -2.07. The number of phenols is 1. The van der Waals surface area contributed by atoms with Crippen LogP contribution in [0.4, 0.5) is 0 Å². The molecule has 0 fully saturated rings. The predicted molar refractivity (Wildman–Crippen MR) is 77.8 cm³/mol. The Morgan fingerprint density at radius 3 is 3.10 bits per heavy atom. The molecule has 108 valence electrons. The summed E-state index contributed by atoms with van der Waals surface area (Å²) in [7, 11) is 1.69. The maximum Gasteiger partial charge on any atom is 0.247 e. The van der Waals surface area contributed by atoms with Crippen LogP contribution in [-0.2, 0) is 21.5 Å². The SMILES string of the molecule is CO[C@H]1C=CC2=CC(=O)N3CCc4ccc(O)cc4[C@]23C1. The Labute approximate surface area is 123 Å². The minimum atomic E-state index is -0.473. The lowest BCUT2D eigenvalue weighted by molar-refractivity contribution is -0.130. The van der Waals surface area contributed by atoms with Gasteiger partial charge in [0.15, 0.2) is 0 Å². The molecule has 2 aliphatic heterocycles. The first kappa shape index (κ1) is 12.7. The maximum atomic E-state index is 12.4. The van der Waals surface area contributed by atoms with Crippen LogP contribution in [0.2, 0.25) is 0 Å². The van der Waals surface area contributed by atoms with Gasteiger partial charge in [-0.3, -0.25) is 4.79 Å². The number of methoxy groups -OCH3 is 1. The first-order chi connectivity index (χ1) is 10.1. The summed E-state index contributed by atoms with van der Waals surface area (Å²) >= 11 is 0. The van der Waals surface area contributed by atoms with Crippen LogP contribution >= 0.6 is 0 Å².